The van der Waals surface area contributed by atoms with Gasteiger partial charge in [0.25, 0.3) is 0 Å². The summed E-state index contributed by atoms with van der Waals surface area (Å²) >= 11 is 1.61. The molecule has 2 aromatic rings. The molecule has 3 nitrogen and oxygen atoms in total. The van der Waals surface area contributed by atoms with Gasteiger partial charge in [-0.3, -0.25) is 4.79 Å². The summed E-state index contributed by atoms with van der Waals surface area (Å²) in [7, 11) is 0. The number of carbonyl (C=O) groups excluding carboxylic acids is 1. The Morgan fingerprint density at radius 1 is 1.25 bits per heavy atom. The van der Waals surface area contributed by atoms with E-state index in [9.17, 15) is 4.79 Å². The first-order valence-corrected chi connectivity index (χ1v) is 6.03. The van der Waals surface area contributed by atoms with Gasteiger partial charge in [0.15, 0.2) is 0 Å². The molecule has 1 heterocycles. The fraction of sp³-hybridized carbons (Fsp3) is 0.250. The van der Waals surface area contributed by atoms with Gasteiger partial charge in [0.05, 0.1) is 0 Å². The van der Waals surface area contributed by atoms with E-state index in [1.165, 1.54) is 0 Å². The smallest absolute Gasteiger partial charge is 0.150 e. The molecule has 16 heavy (non-hydrogen) atoms. The number of aldehydes is 1. The lowest BCUT2D eigenvalue weighted by molar-refractivity contribution is 0.112. The second-order valence-corrected chi connectivity index (χ2v) is 4.55. The number of carbonyl (C=O) groups is 1. The third-order valence-corrected chi connectivity index (χ3v) is 3.26. The zero-order valence-electron chi connectivity index (χ0n) is 9.01. The van der Waals surface area contributed by atoms with E-state index in [-0.39, 0.29) is 0 Å². The van der Waals surface area contributed by atoms with Crippen LogP contribution in [0.5, 0.6) is 0 Å². The van der Waals surface area contributed by atoms with E-state index in [0.717, 1.165) is 34.7 Å². The van der Waals surface area contributed by atoms with Crippen molar-refractivity contribution in [1.29, 1.82) is 0 Å². The largest absolute Gasteiger partial charge is 0.298 e. The van der Waals surface area contributed by atoms with Crippen molar-refractivity contribution in [2.75, 3.05) is 0 Å². The van der Waals surface area contributed by atoms with Crippen molar-refractivity contribution in [3.05, 3.63) is 34.8 Å². The molecule has 0 radical (unpaired) electrons. The Balaban J connectivity index is 2.24. The van der Waals surface area contributed by atoms with Crippen molar-refractivity contribution in [2.24, 2.45) is 0 Å². The Morgan fingerprint density at radius 3 is 2.62 bits per heavy atom. The lowest BCUT2D eigenvalue weighted by Gasteiger charge is -1.94. The molecule has 0 amide bonds. The molecule has 4 heteroatoms. The van der Waals surface area contributed by atoms with Gasteiger partial charge in [-0.1, -0.05) is 42.5 Å². The molecule has 1 aromatic heterocycles. The molecule has 0 fully saturated rings. The first-order valence-electron chi connectivity index (χ1n) is 5.21. The van der Waals surface area contributed by atoms with E-state index in [1.807, 2.05) is 12.1 Å². The van der Waals surface area contributed by atoms with Gasteiger partial charge in [0.1, 0.15) is 16.3 Å². The van der Waals surface area contributed by atoms with Crippen molar-refractivity contribution in [1.82, 2.24) is 10.2 Å². The third-order valence-electron chi connectivity index (χ3n) is 2.22. The van der Waals surface area contributed by atoms with Gasteiger partial charge in [-0.25, -0.2) is 0 Å². The molecule has 0 aliphatic rings. The van der Waals surface area contributed by atoms with Crippen molar-refractivity contribution < 1.29 is 4.79 Å². The third kappa shape index (κ3) is 2.33. The summed E-state index contributed by atoms with van der Waals surface area (Å²) in [5, 5.41) is 10.2. The number of aromatic nitrogens is 2. The van der Waals surface area contributed by atoms with Crippen LogP contribution < -0.4 is 0 Å². The fourth-order valence-corrected chi connectivity index (χ4v) is 2.34. The number of rotatable bonds is 4. The first-order chi connectivity index (χ1) is 7.83. The highest BCUT2D eigenvalue weighted by Gasteiger charge is 2.05. The maximum Gasteiger partial charge on any atom is 0.150 e. The molecule has 0 saturated heterocycles. The molecular formula is C12H12N2OS. The minimum atomic E-state index is 0.682. The fourth-order valence-electron chi connectivity index (χ4n) is 1.39. The van der Waals surface area contributed by atoms with Gasteiger partial charge in [0.2, 0.25) is 0 Å². The van der Waals surface area contributed by atoms with Gasteiger partial charge in [-0.2, -0.15) is 0 Å². The lowest BCUT2D eigenvalue weighted by atomic mass is 10.2. The highest BCUT2D eigenvalue weighted by atomic mass is 32.1. The Labute approximate surface area is 98.2 Å². The predicted octanol–water partition coefficient (Wildman–Crippen LogP) is 2.97. The highest BCUT2D eigenvalue weighted by Crippen LogP contribution is 2.24. The molecule has 0 saturated carbocycles. The molecule has 2 rings (SSSR count). The van der Waals surface area contributed by atoms with E-state index in [2.05, 4.69) is 17.1 Å². The van der Waals surface area contributed by atoms with Crippen molar-refractivity contribution in [3.63, 3.8) is 0 Å². The van der Waals surface area contributed by atoms with Crippen LogP contribution in [0.1, 0.15) is 28.7 Å². The van der Waals surface area contributed by atoms with E-state index < -0.39 is 0 Å². The van der Waals surface area contributed by atoms with Crippen LogP contribution in [0.15, 0.2) is 24.3 Å². The zero-order valence-corrected chi connectivity index (χ0v) is 9.83. The number of aryl methyl sites for hydroxylation is 1. The minimum Gasteiger partial charge on any atom is -0.298 e. The molecule has 0 spiro atoms. The molecule has 1 aromatic carbocycles. The molecule has 82 valence electrons. The number of hydrogen-bond acceptors (Lipinski definition) is 4. The number of nitrogens with zero attached hydrogens (tertiary/aromatic N) is 2. The molecule has 0 bridgehead atoms. The van der Waals surface area contributed by atoms with E-state index in [1.54, 1.807) is 23.5 Å². The van der Waals surface area contributed by atoms with E-state index in [0.29, 0.717) is 5.56 Å². The topological polar surface area (TPSA) is 42.9 Å². The summed E-state index contributed by atoms with van der Waals surface area (Å²) in [5.74, 6) is 0. The quantitative estimate of drug-likeness (QED) is 0.761. The van der Waals surface area contributed by atoms with Crippen molar-refractivity contribution >= 4 is 17.6 Å². The maximum absolute atomic E-state index is 10.5. The van der Waals surface area contributed by atoms with Gasteiger partial charge in [0, 0.05) is 17.5 Å². The molecule has 0 atom stereocenters. The second-order valence-electron chi connectivity index (χ2n) is 3.49. The average molecular weight is 232 g/mol. The SMILES string of the molecule is CCCc1nnc(-c2ccc(C=O)cc2)s1. The molecule has 0 unspecified atom stereocenters. The predicted molar refractivity (Wildman–Crippen MR) is 64.7 cm³/mol. The van der Waals surface area contributed by atoms with Gasteiger partial charge >= 0.3 is 0 Å². The Kier molecular flexibility index (Phi) is 3.41. The molecular weight excluding hydrogens is 220 g/mol. The normalized spacial score (nSPS) is 10.3. The van der Waals surface area contributed by atoms with E-state index in [4.69, 9.17) is 0 Å². The van der Waals surface area contributed by atoms with Crippen LogP contribution in [-0.2, 0) is 6.42 Å². The molecule has 0 aliphatic heterocycles. The van der Waals surface area contributed by atoms with Crippen molar-refractivity contribution in [2.45, 2.75) is 19.8 Å². The average Bonchev–Trinajstić information content (AvgIpc) is 2.78. The van der Waals surface area contributed by atoms with Gasteiger partial charge in [-0.05, 0) is 6.42 Å². The Morgan fingerprint density at radius 2 is 2.00 bits per heavy atom. The van der Waals surface area contributed by atoms with Crippen molar-refractivity contribution in [3.8, 4) is 10.6 Å². The van der Waals surface area contributed by atoms with Gasteiger partial charge in [-0.15, -0.1) is 10.2 Å². The first kappa shape index (κ1) is 11.0. The molecule has 0 aliphatic carbocycles. The second kappa shape index (κ2) is 4.99. The summed E-state index contributed by atoms with van der Waals surface area (Å²) in [6.45, 7) is 2.12. The van der Waals surface area contributed by atoms with Crippen LogP contribution in [0.3, 0.4) is 0 Å². The van der Waals surface area contributed by atoms with Crippen LogP contribution >= 0.6 is 11.3 Å². The summed E-state index contributed by atoms with van der Waals surface area (Å²) in [4.78, 5) is 10.5. The minimum absolute atomic E-state index is 0.682. The number of benzene rings is 1. The summed E-state index contributed by atoms with van der Waals surface area (Å²) in [6.07, 6.45) is 2.90. The lowest BCUT2D eigenvalue weighted by Crippen LogP contribution is -1.81. The van der Waals surface area contributed by atoms with Crippen LogP contribution in [0.2, 0.25) is 0 Å². The van der Waals surface area contributed by atoms with Crippen LogP contribution in [0, 0.1) is 0 Å². The summed E-state index contributed by atoms with van der Waals surface area (Å²) in [6, 6.07) is 7.40. The van der Waals surface area contributed by atoms with Crippen LogP contribution in [0.25, 0.3) is 10.6 Å². The Bertz CT molecular complexity index is 476. The maximum atomic E-state index is 10.5. The van der Waals surface area contributed by atoms with Crippen LogP contribution in [-0.4, -0.2) is 16.5 Å². The standard InChI is InChI=1S/C12H12N2OS/c1-2-3-11-13-14-12(16-11)10-6-4-9(8-15)5-7-10/h4-8H,2-3H2,1H3. The van der Waals surface area contributed by atoms with E-state index >= 15 is 0 Å². The van der Waals surface area contributed by atoms with Gasteiger partial charge < -0.3 is 0 Å². The Hall–Kier alpha value is -1.55. The zero-order chi connectivity index (χ0) is 11.4. The summed E-state index contributed by atoms with van der Waals surface area (Å²) in [5.41, 5.74) is 1.70. The number of hydrogen-bond donors (Lipinski definition) is 0. The monoisotopic (exact) mass is 232 g/mol. The summed E-state index contributed by atoms with van der Waals surface area (Å²) < 4.78 is 0. The highest BCUT2D eigenvalue weighted by molar-refractivity contribution is 7.14. The van der Waals surface area contributed by atoms with Crippen LogP contribution in [0.4, 0.5) is 0 Å². The molecule has 0 N–H and O–H groups in total.